The molecule has 0 radical (unpaired) electrons. The Morgan fingerprint density at radius 2 is 1.64 bits per heavy atom. The monoisotopic (exact) mass is 226 g/mol. The van der Waals surface area contributed by atoms with Crippen LogP contribution in [0.1, 0.15) is 20.3 Å². The molecule has 0 saturated carbocycles. The molecule has 0 heterocycles. The Morgan fingerprint density at radius 3 is 2.00 bits per heavy atom. The van der Waals surface area contributed by atoms with Crippen molar-refractivity contribution in [3.05, 3.63) is 0 Å². The zero-order valence-electron chi connectivity index (χ0n) is 8.86. The van der Waals surface area contributed by atoms with Gasteiger partial charge in [-0.05, 0) is 13.8 Å². The molecule has 0 aromatic rings. The zero-order valence-corrected chi connectivity index (χ0v) is 9.67. The van der Waals surface area contributed by atoms with E-state index < -0.39 is 10.1 Å². The third-order valence-electron chi connectivity index (χ3n) is 1.36. The Hall–Kier alpha value is -0.170. The highest BCUT2D eigenvalue weighted by atomic mass is 32.2. The number of rotatable bonds is 8. The Kier molecular flexibility index (Phi) is 7.08. The van der Waals surface area contributed by atoms with Crippen molar-refractivity contribution in [2.45, 2.75) is 26.6 Å². The third kappa shape index (κ3) is 8.43. The van der Waals surface area contributed by atoms with Crippen LogP contribution in [0, 0.1) is 0 Å². The van der Waals surface area contributed by atoms with Crippen LogP contribution in [0.5, 0.6) is 0 Å². The van der Waals surface area contributed by atoms with Crippen LogP contribution in [-0.2, 0) is 23.8 Å². The Labute approximate surface area is 85.5 Å². The van der Waals surface area contributed by atoms with Gasteiger partial charge in [-0.1, -0.05) is 0 Å². The van der Waals surface area contributed by atoms with Crippen molar-refractivity contribution in [3.8, 4) is 0 Å². The van der Waals surface area contributed by atoms with Crippen molar-refractivity contribution in [1.82, 2.24) is 0 Å². The largest absolute Gasteiger partial charge is 0.353 e. The second-order valence-electron chi connectivity index (χ2n) is 2.66. The Bertz CT molecular complexity index is 218. The topological polar surface area (TPSA) is 61.8 Å². The Morgan fingerprint density at radius 1 is 1.14 bits per heavy atom. The average molecular weight is 226 g/mol. The van der Waals surface area contributed by atoms with Gasteiger partial charge < -0.3 is 9.47 Å². The number of hydrogen-bond acceptors (Lipinski definition) is 5. The first-order valence-electron chi connectivity index (χ1n) is 4.57. The smallest absolute Gasteiger partial charge is 0.264 e. The normalized spacial score (nSPS) is 12.3. The summed E-state index contributed by atoms with van der Waals surface area (Å²) in [6.07, 6.45) is 1.05. The van der Waals surface area contributed by atoms with Gasteiger partial charge in [0.15, 0.2) is 6.29 Å². The molecular weight excluding hydrogens is 208 g/mol. The van der Waals surface area contributed by atoms with Gasteiger partial charge >= 0.3 is 0 Å². The van der Waals surface area contributed by atoms with E-state index in [4.69, 9.17) is 9.47 Å². The molecule has 0 fully saturated rings. The van der Waals surface area contributed by atoms with E-state index in [1.807, 2.05) is 13.8 Å². The Balaban J connectivity index is 3.70. The maximum atomic E-state index is 10.6. The predicted octanol–water partition coefficient (Wildman–Crippen LogP) is 0.752. The van der Waals surface area contributed by atoms with E-state index in [9.17, 15) is 8.42 Å². The molecule has 0 aliphatic carbocycles. The average Bonchev–Trinajstić information content (AvgIpc) is 2.02. The fourth-order valence-electron chi connectivity index (χ4n) is 0.882. The van der Waals surface area contributed by atoms with E-state index >= 15 is 0 Å². The molecule has 0 unspecified atom stereocenters. The van der Waals surface area contributed by atoms with E-state index in [-0.39, 0.29) is 12.9 Å². The van der Waals surface area contributed by atoms with Crippen LogP contribution in [-0.4, -0.2) is 40.8 Å². The first-order chi connectivity index (χ1) is 6.49. The summed E-state index contributed by atoms with van der Waals surface area (Å²) < 4.78 is 36.2. The van der Waals surface area contributed by atoms with E-state index in [1.165, 1.54) is 0 Å². The molecule has 6 heteroatoms. The zero-order chi connectivity index (χ0) is 11.0. The second kappa shape index (κ2) is 7.17. The molecule has 14 heavy (non-hydrogen) atoms. The number of hydrogen-bond donors (Lipinski definition) is 0. The van der Waals surface area contributed by atoms with E-state index in [2.05, 4.69) is 4.18 Å². The third-order valence-corrected chi connectivity index (χ3v) is 1.95. The quantitative estimate of drug-likeness (QED) is 0.451. The lowest BCUT2D eigenvalue weighted by atomic mass is 10.4. The van der Waals surface area contributed by atoms with E-state index in [0.717, 1.165) is 6.26 Å². The maximum absolute atomic E-state index is 10.6. The molecule has 0 aliphatic heterocycles. The highest BCUT2D eigenvalue weighted by Crippen LogP contribution is 2.02. The van der Waals surface area contributed by atoms with E-state index in [1.54, 1.807) is 0 Å². The summed E-state index contributed by atoms with van der Waals surface area (Å²) in [6, 6.07) is 0. The van der Waals surface area contributed by atoms with Gasteiger partial charge in [0.25, 0.3) is 10.1 Å². The maximum Gasteiger partial charge on any atom is 0.264 e. The van der Waals surface area contributed by atoms with Crippen molar-refractivity contribution >= 4 is 10.1 Å². The number of ether oxygens (including phenoxy) is 2. The first kappa shape index (κ1) is 13.8. The summed E-state index contributed by atoms with van der Waals surface area (Å²) >= 11 is 0. The van der Waals surface area contributed by atoms with Crippen molar-refractivity contribution in [2.24, 2.45) is 0 Å². The van der Waals surface area contributed by atoms with E-state index in [0.29, 0.717) is 19.6 Å². The van der Waals surface area contributed by atoms with Crippen LogP contribution >= 0.6 is 0 Å². The molecule has 86 valence electrons. The standard InChI is InChI=1S/C8H18O5S/c1-4-11-8(12-5-2)6-7-13-14(3,9)10/h8H,4-7H2,1-3H3. The van der Waals surface area contributed by atoms with Crippen LogP contribution in [0.2, 0.25) is 0 Å². The minimum Gasteiger partial charge on any atom is -0.353 e. The first-order valence-corrected chi connectivity index (χ1v) is 6.38. The summed E-state index contributed by atoms with van der Waals surface area (Å²) in [5, 5.41) is 0. The van der Waals surface area contributed by atoms with Crippen molar-refractivity contribution < 1.29 is 22.1 Å². The van der Waals surface area contributed by atoms with Crippen LogP contribution < -0.4 is 0 Å². The molecule has 0 N–H and O–H groups in total. The summed E-state index contributed by atoms with van der Waals surface area (Å²) in [7, 11) is -3.36. The summed E-state index contributed by atoms with van der Waals surface area (Å²) in [5.41, 5.74) is 0. The molecule has 0 aromatic heterocycles. The fourth-order valence-corrected chi connectivity index (χ4v) is 1.28. The van der Waals surface area contributed by atoms with Crippen molar-refractivity contribution in [3.63, 3.8) is 0 Å². The fraction of sp³-hybridized carbons (Fsp3) is 1.00. The molecule has 0 atom stereocenters. The minimum atomic E-state index is -3.36. The predicted molar refractivity (Wildman–Crippen MR) is 52.5 cm³/mol. The molecule has 0 bridgehead atoms. The minimum absolute atomic E-state index is 0.0868. The van der Waals surface area contributed by atoms with Gasteiger partial charge in [-0.25, -0.2) is 0 Å². The summed E-state index contributed by atoms with van der Waals surface area (Å²) in [4.78, 5) is 0. The van der Waals surface area contributed by atoms with Gasteiger partial charge in [-0.3, -0.25) is 4.18 Å². The van der Waals surface area contributed by atoms with Crippen molar-refractivity contribution in [2.75, 3.05) is 26.1 Å². The highest BCUT2D eigenvalue weighted by molar-refractivity contribution is 7.85. The van der Waals surface area contributed by atoms with Crippen LogP contribution in [0.15, 0.2) is 0 Å². The lowest BCUT2D eigenvalue weighted by Gasteiger charge is -2.16. The lowest BCUT2D eigenvalue weighted by Crippen LogP contribution is -2.20. The SMILES string of the molecule is CCOC(CCOS(C)(=O)=O)OCC. The van der Waals surface area contributed by atoms with Gasteiger partial charge in [-0.15, -0.1) is 0 Å². The lowest BCUT2D eigenvalue weighted by molar-refractivity contribution is -0.142. The van der Waals surface area contributed by atoms with Crippen LogP contribution in [0.4, 0.5) is 0 Å². The molecule has 0 aliphatic rings. The van der Waals surface area contributed by atoms with Gasteiger partial charge in [0.05, 0.1) is 12.9 Å². The molecule has 0 amide bonds. The van der Waals surface area contributed by atoms with Gasteiger partial charge in [0, 0.05) is 19.6 Å². The van der Waals surface area contributed by atoms with Gasteiger partial charge in [0.2, 0.25) is 0 Å². The highest BCUT2D eigenvalue weighted by Gasteiger charge is 2.09. The molecular formula is C8H18O5S. The molecule has 0 rings (SSSR count). The summed E-state index contributed by atoms with van der Waals surface area (Å²) in [5.74, 6) is 0. The molecule has 0 saturated heterocycles. The molecule has 5 nitrogen and oxygen atoms in total. The van der Waals surface area contributed by atoms with Crippen LogP contribution in [0.25, 0.3) is 0 Å². The van der Waals surface area contributed by atoms with Gasteiger partial charge in [-0.2, -0.15) is 8.42 Å². The van der Waals surface area contributed by atoms with Gasteiger partial charge in [0.1, 0.15) is 0 Å². The summed E-state index contributed by atoms with van der Waals surface area (Å²) in [6.45, 7) is 4.85. The van der Waals surface area contributed by atoms with Crippen molar-refractivity contribution in [1.29, 1.82) is 0 Å². The second-order valence-corrected chi connectivity index (χ2v) is 4.30. The molecule has 0 aromatic carbocycles. The van der Waals surface area contributed by atoms with Crippen LogP contribution in [0.3, 0.4) is 0 Å². The molecule has 0 spiro atoms.